The molecule has 10 nitrogen and oxygen atoms in total. The van der Waals surface area contributed by atoms with Gasteiger partial charge in [-0.2, -0.15) is 8.42 Å². The lowest BCUT2D eigenvalue weighted by molar-refractivity contribution is -0.122. The van der Waals surface area contributed by atoms with Gasteiger partial charge in [-0.25, -0.2) is 0 Å². The van der Waals surface area contributed by atoms with Gasteiger partial charge in [0.15, 0.2) is 5.17 Å². The lowest BCUT2D eigenvalue weighted by atomic mass is 9.95. The smallest absolute Gasteiger partial charge is 0.261 e. The van der Waals surface area contributed by atoms with Gasteiger partial charge in [0.05, 0.1) is 17.4 Å². The Balaban J connectivity index is 0.000000586. The SMILES string of the molecule is CS(=O)(=O)O.Cn1cc(C2=C(c3cn(CCSC(=N)N)c4ccccc34)C(=O)NC2=O)c2ccccc21. The summed E-state index contributed by atoms with van der Waals surface area (Å²) in [6.07, 6.45) is 4.54. The third-order valence-corrected chi connectivity index (χ3v) is 6.44. The Labute approximate surface area is 217 Å². The summed E-state index contributed by atoms with van der Waals surface area (Å²) < 4.78 is 29.9. The Bertz CT molecular complexity index is 1690. The van der Waals surface area contributed by atoms with Crippen LogP contribution in [0, 0.1) is 5.41 Å². The van der Waals surface area contributed by atoms with E-state index in [1.54, 1.807) is 0 Å². The number of hydrogen-bond donors (Lipinski definition) is 4. The van der Waals surface area contributed by atoms with Crippen LogP contribution in [0.25, 0.3) is 33.0 Å². The minimum absolute atomic E-state index is 0.0726. The average molecular weight is 540 g/mol. The predicted molar refractivity (Wildman–Crippen MR) is 147 cm³/mol. The minimum Gasteiger partial charge on any atom is -0.379 e. The van der Waals surface area contributed by atoms with Crippen LogP contribution in [0.3, 0.4) is 0 Å². The molecule has 12 heteroatoms. The van der Waals surface area contributed by atoms with Gasteiger partial charge in [-0.3, -0.25) is 24.9 Å². The van der Waals surface area contributed by atoms with E-state index in [1.807, 2.05) is 77.1 Å². The van der Waals surface area contributed by atoms with E-state index in [1.165, 1.54) is 11.8 Å². The van der Waals surface area contributed by atoms with E-state index in [4.69, 9.17) is 15.7 Å². The first-order valence-corrected chi connectivity index (χ1v) is 13.9. The number of fused-ring (bicyclic) bond motifs is 2. The summed E-state index contributed by atoms with van der Waals surface area (Å²) in [6, 6.07) is 15.7. The maximum Gasteiger partial charge on any atom is 0.261 e. The number of thioether (sulfide) groups is 1. The summed E-state index contributed by atoms with van der Waals surface area (Å²) in [4.78, 5) is 26.0. The zero-order valence-corrected chi connectivity index (χ0v) is 21.7. The molecule has 0 saturated heterocycles. The summed E-state index contributed by atoms with van der Waals surface area (Å²) in [6.45, 7) is 0.622. The zero-order valence-electron chi connectivity index (χ0n) is 20.1. The summed E-state index contributed by atoms with van der Waals surface area (Å²) in [5.74, 6) is -0.141. The first-order chi connectivity index (χ1) is 17.5. The third kappa shape index (κ3) is 5.61. The molecule has 37 heavy (non-hydrogen) atoms. The van der Waals surface area contributed by atoms with Crippen molar-refractivity contribution in [2.24, 2.45) is 12.8 Å². The standard InChI is InChI=1S/C24H21N5O2S.CH4O3S/c1-28-12-16(14-6-2-4-8-18(14)28)20-21(23(31)27-22(20)30)17-13-29(10-11-32-24(25)26)19-9-5-3-7-15(17)19;1-5(2,3)4/h2-9,12-13H,10-11H2,1H3,(H3,25,26)(H,27,30,31);1H3,(H,2,3,4). The monoisotopic (exact) mass is 539 g/mol. The number of nitrogens with two attached hydrogens (primary N) is 1. The van der Waals surface area contributed by atoms with Crippen LogP contribution in [0.15, 0.2) is 60.9 Å². The first kappa shape index (κ1) is 26.2. The Kier molecular flexibility index (Phi) is 7.25. The fourth-order valence-electron chi connectivity index (χ4n) is 4.39. The van der Waals surface area contributed by atoms with E-state index in [-0.39, 0.29) is 17.0 Å². The summed E-state index contributed by atoms with van der Waals surface area (Å²) in [5, 5.41) is 11.8. The van der Waals surface area contributed by atoms with Crippen molar-refractivity contribution in [3.63, 3.8) is 0 Å². The highest BCUT2D eigenvalue weighted by Gasteiger charge is 2.35. The number of para-hydroxylation sites is 2. The number of nitrogens with one attached hydrogen (secondary N) is 2. The Morgan fingerprint density at radius 3 is 2.03 bits per heavy atom. The Hall–Kier alpha value is -3.87. The molecule has 1 aliphatic rings. The molecule has 0 saturated carbocycles. The van der Waals surface area contributed by atoms with Crippen LogP contribution in [0.2, 0.25) is 0 Å². The van der Waals surface area contributed by atoms with Gasteiger partial charge in [0.1, 0.15) is 0 Å². The van der Waals surface area contributed by atoms with Crippen molar-refractivity contribution in [2.45, 2.75) is 6.54 Å². The van der Waals surface area contributed by atoms with Crippen LogP contribution < -0.4 is 11.1 Å². The number of amides is 2. The molecule has 0 bridgehead atoms. The van der Waals surface area contributed by atoms with Crippen molar-refractivity contribution < 1.29 is 22.6 Å². The number of benzene rings is 2. The molecule has 0 spiro atoms. The topological polar surface area (TPSA) is 160 Å². The van der Waals surface area contributed by atoms with Crippen LogP contribution in [-0.4, -0.2) is 51.1 Å². The minimum atomic E-state index is -3.67. The van der Waals surface area contributed by atoms with Crippen LogP contribution >= 0.6 is 11.8 Å². The number of amidine groups is 1. The third-order valence-electron chi connectivity index (χ3n) is 5.75. The highest BCUT2D eigenvalue weighted by Crippen LogP contribution is 2.38. The quantitative estimate of drug-likeness (QED) is 0.131. The largest absolute Gasteiger partial charge is 0.379 e. The summed E-state index contributed by atoms with van der Waals surface area (Å²) >= 11 is 1.27. The molecule has 2 aromatic heterocycles. The van der Waals surface area contributed by atoms with Crippen molar-refractivity contribution in [1.29, 1.82) is 5.41 Å². The van der Waals surface area contributed by atoms with Gasteiger partial charge in [0.2, 0.25) is 0 Å². The fourth-order valence-corrected chi connectivity index (χ4v) is 4.90. The zero-order chi connectivity index (χ0) is 26.9. The number of hydrogen-bond acceptors (Lipinski definition) is 6. The first-order valence-electron chi connectivity index (χ1n) is 11.1. The molecule has 5 N–H and O–H groups in total. The Morgan fingerprint density at radius 2 is 1.46 bits per heavy atom. The maximum atomic E-state index is 13.0. The number of aryl methyl sites for hydroxylation is 2. The molecule has 3 heterocycles. The predicted octanol–water partition coefficient (Wildman–Crippen LogP) is 2.83. The van der Waals surface area contributed by atoms with Gasteiger partial charge < -0.3 is 14.9 Å². The normalized spacial score (nSPS) is 13.7. The van der Waals surface area contributed by atoms with Crippen LogP contribution in [0.5, 0.6) is 0 Å². The van der Waals surface area contributed by atoms with Crippen LogP contribution in [0.4, 0.5) is 0 Å². The molecule has 4 aromatic rings. The highest BCUT2D eigenvalue weighted by molar-refractivity contribution is 8.13. The summed E-state index contributed by atoms with van der Waals surface area (Å²) in [5.41, 5.74) is 9.68. The van der Waals surface area contributed by atoms with E-state index in [0.717, 1.165) is 32.9 Å². The number of aromatic nitrogens is 2. The Morgan fingerprint density at radius 1 is 0.973 bits per heavy atom. The van der Waals surface area contributed by atoms with Gasteiger partial charge in [0.25, 0.3) is 21.9 Å². The number of rotatable bonds is 5. The summed E-state index contributed by atoms with van der Waals surface area (Å²) in [7, 11) is -1.74. The fraction of sp³-hybridized carbons (Fsp3) is 0.160. The molecule has 5 rings (SSSR count). The van der Waals surface area contributed by atoms with Crippen molar-refractivity contribution in [3.05, 3.63) is 72.1 Å². The second-order valence-electron chi connectivity index (χ2n) is 8.40. The molecule has 0 fully saturated rings. The second-order valence-corrected chi connectivity index (χ2v) is 11.0. The molecular weight excluding hydrogens is 514 g/mol. The highest BCUT2D eigenvalue weighted by atomic mass is 32.2. The van der Waals surface area contributed by atoms with E-state index >= 15 is 0 Å². The lowest BCUT2D eigenvalue weighted by Gasteiger charge is -2.04. The molecule has 0 unspecified atom stereocenters. The van der Waals surface area contributed by atoms with Crippen LogP contribution in [-0.2, 0) is 33.3 Å². The van der Waals surface area contributed by atoms with Crippen molar-refractivity contribution >= 4 is 71.8 Å². The van der Waals surface area contributed by atoms with E-state index in [9.17, 15) is 18.0 Å². The second kappa shape index (κ2) is 10.2. The van der Waals surface area contributed by atoms with Crippen molar-refractivity contribution in [1.82, 2.24) is 14.5 Å². The van der Waals surface area contributed by atoms with Gasteiger partial charge >= 0.3 is 0 Å². The molecule has 1 aliphatic heterocycles. The molecule has 0 atom stereocenters. The van der Waals surface area contributed by atoms with Crippen molar-refractivity contribution in [3.8, 4) is 0 Å². The van der Waals surface area contributed by atoms with Gasteiger partial charge in [-0.15, -0.1) is 0 Å². The number of imide groups is 1. The van der Waals surface area contributed by atoms with Gasteiger partial charge in [-0.1, -0.05) is 48.2 Å². The van der Waals surface area contributed by atoms with Crippen LogP contribution in [0.1, 0.15) is 11.1 Å². The molecule has 2 aromatic carbocycles. The van der Waals surface area contributed by atoms with E-state index in [2.05, 4.69) is 5.32 Å². The van der Waals surface area contributed by atoms with Gasteiger partial charge in [0, 0.05) is 64.7 Å². The molecule has 0 radical (unpaired) electrons. The molecule has 2 amide bonds. The number of carbonyl (C=O) groups excluding carboxylic acids is 2. The van der Waals surface area contributed by atoms with E-state index in [0.29, 0.717) is 29.7 Å². The van der Waals surface area contributed by atoms with Crippen molar-refractivity contribution in [2.75, 3.05) is 12.0 Å². The number of carbonyl (C=O) groups is 2. The molecular formula is C25H25N5O5S2. The average Bonchev–Trinajstić information content (AvgIpc) is 3.43. The maximum absolute atomic E-state index is 13.0. The molecule has 192 valence electrons. The number of nitrogens with zero attached hydrogens (tertiary/aromatic N) is 2. The van der Waals surface area contributed by atoms with E-state index < -0.39 is 10.1 Å². The molecule has 0 aliphatic carbocycles. The lowest BCUT2D eigenvalue weighted by Crippen LogP contribution is -2.22. The van der Waals surface area contributed by atoms with Gasteiger partial charge in [-0.05, 0) is 12.1 Å².